The molecule has 140 valence electrons. The van der Waals surface area contributed by atoms with Gasteiger partial charge < -0.3 is 19.5 Å². The summed E-state index contributed by atoms with van der Waals surface area (Å²) in [5.41, 5.74) is 1.43. The summed E-state index contributed by atoms with van der Waals surface area (Å²) in [7, 11) is 3.39. The Balaban J connectivity index is 1.66. The SMILES string of the molecule is COc1cccc(CNCC2(N3CCOCC3)CCCCC2)c1OC. The maximum atomic E-state index is 5.57. The van der Waals surface area contributed by atoms with Crippen molar-refractivity contribution in [1.29, 1.82) is 0 Å². The standard InChI is InChI=1S/C20H32N2O3/c1-23-18-8-6-7-17(19(18)24-2)15-21-16-20(9-4-3-5-10-20)22-11-13-25-14-12-22/h6-8,21H,3-5,9-16H2,1-2H3. The van der Waals surface area contributed by atoms with Gasteiger partial charge in [-0.05, 0) is 18.9 Å². The average molecular weight is 348 g/mol. The van der Waals surface area contributed by atoms with E-state index in [9.17, 15) is 0 Å². The van der Waals surface area contributed by atoms with Crippen molar-refractivity contribution >= 4 is 0 Å². The minimum atomic E-state index is 0.286. The number of ether oxygens (including phenoxy) is 3. The van der Waals surface area contributed by atoms with Crippen LogP contribution in [-0.4, -0.2) is 57.5 Å². The summed E-state index contributed by atoms with van der Waals surface area (Å²) in [5.74, 6) is 1.63. The highest BCUT2D eigenvalue weighted by atomic mass is 16.5. The molecule has 5 nitrogen and oxygen atoms in total. The molecule has 2 aliphatic rings. The molecule has 1 N–H and O–H groups in total. The highest BCUT2D eigenvalue weighted by Gasteiger charge is 2.38. The number of hydrogen-bond donors (Lipinski definition) is 1. The van der Waals surface area contributed by atoms with Gasteiger partial charge in [-0.15, -0.1) is 0 Å². The number of para-hydroxylation sites is 1. The Morgan fingerprint density at radius 3 is 2.52 bits per heavy atom. The number of rotatable bonds is 7. The molecule has 1 heterocycles. The number of methoxy groups -OCH3 is 2. The second-order valence-corrected chi connectivity index (χ2v) is 7.14. The molecule has 0 bridgehead atoms. The first-order chi connectivity index (χ1) is 12.3. The van der Waals surface area contributed by atoms with Crippen LogP contribution in [0.25, 0.3) is 0 Å². The predicted molar refractivity (Wildman–Crippen MR) is 99.5 cm³/mol. The van der Waals surface area contributed by atoms with Crippen LogP contribution in [0.5, 0.6) is 11.5 Å². The third kappa shape index (κ3) is 4.27. The lowest BCUT2D eigenvalue weighted by Crippen LogP contribution is -2.59. The van der Waals surface area contributed by atoms with E-state index in [-0.39, 0.29) is 5.54 Å². The van der Waals surface area contributed by atoms with E-state index in [4.69, 9.17) is 14.2 Å². The zero-order valence-corrected chi connectivity index (χ0v) is 15.7. The molecule has 1 saturated carbocycles. The number of hydrogen-bond acceptors (Lipinski definition) is 5. The Hall–Kier alpha value is -1.30. The van der Waals surface area contributed by atoms with Crippen LogP contribution in [0.1, 0.15) is 37.7 Å². The third-order valence-corrected chi connectivity index (χ3v) is 5.72. The van der Waals surface area contributed by atoms with Gasteiger partial charge in [0.2, 0.25) is 0 Å². The molecule has 1 aliphatic heterocycles. The molecule has 1 saturated heterocycles. The highest BCUT2D eigenvalue weighted by molar-refractivity contribution is 5.46. The van der Waals surface area contributed by atoms with Crippen molar-refractivity contribution in [1.82, 2.24) is 10.2 Å². The van der Waals surface area contributed by atoms with Crippen molar-refractivity contribution in [3.63, 3.8) is 0 Å². The van der Waals surface area contributed by atoms with Gasteiger partial charge in [-0.2, -0.15) is 0 Å². The summed E-state index contributed by atoms with van der Waals surface area (Å²) in [4.78, 5) is 2.67. The summed E-state index contributed by atoms with van der Waals surface area (Å²) < 4.78 is 16.5. The summed E-state index contributed by atoms with van der Waals surface area (Å²) in [6.07, 6.45) is 6.61. The lowest BCUT2D eigenvalue weighted by atomic mass is 9.79. The molecule has 0 spiro atoms. The number of nitrogens with one attached hydrogen (secondary N) is 1. The van der Waals surface area contributed by atoms with Crippen LogP contribution < -0.4 is 14.8 Å². The van der Waals surface area contributed by atoms with Crippen LogP contribution in [0, 0.1) is 0 Å². The molecule has 0 unspecified atom stereocenters. The Morgan fingerprint density at radius 1 is 1.08 bits per heavy atom. The maximum Gasteiger partial charge on any atom is 0.165 e. The van der Waals surface area contributed by atoms with E-state index in [0.717, 1.165) is 56.5 Å². The van der Waals surface area contributed by atoms with Gasteiger partial charge in [0.1, 0.15) is 0 Å². The van der Waals surface area contributed by atoms with Crippen LogP contribution >= 0.6 is 0 Å². The summed E-state index contributed by atoms with van der Waals surface area (Å²) in [5, 5.41) is 3.72. The van der Waals surface area contributed by atoms with Crippen molar-refractivity contribution in [3.05, 3.63) is 23.8 Å². The van der Waals surface area contributed by atoms with Gasteiger partial charge in [-0.3, -0.25) is 4.90 Å². The number of benzene rings is 1. The predicted octanol–water partition coefficient (Wildman–Crippen LogP) is 2.83. The molecule has 25 heavy (non-hydrogen) atoms. The van der Waals surface area contributed by atoms with E-state index in [1.807, 2.05) is 12.1 Å². The van der Waals surface area contributed by atoms with Crippen molar-refractivity contribution in [3.8, 4) is 11.5 Å². The monoisotopic (exact) mass is 348 g/mol. The fraction of sp³-hybridized carbons (Fsp3) is 0.700. The summed E-state index contributed by atoms with van der Waals surface area (Å²) in [6.45, 7) is 5.67. The van der Waals surface area contributed by atoms with Crippen molar-refractivity contribution in [2.45, 2.75) is 44.2 Å². The van der Waals surface area contributed by atoms with E-state index < -0.39 is 0 Å². The highest BCUT2D eigenvalue weighted by Crippen LogP contribution is 2.34. The van der Waals surface area contributed by atoms with Crippen LogP contribution in [0.4, 0.5) is 0 Å². The Kier molecular flexibility index (Phi) is 6.57. The fourth-order valence-corrected chi connectivity index (χ4v) is 4.38. The minimum Gasteiger partial charge on any atom is -0.493 e. The maximum absolute atomic E-state index is 5.57. The van der Waals surface area contributed by atoms with E-state index >= 15 is 0 Å². The van der Waals surface area contributed by atoms with Gasteiger partial charge >= 0.3 is 0 Å². The average Bonchev–Trinajstić information content (AvgIpc) is 2.69. The quantitative estimate of drug-likeness (QED) is 0.821. The second-order valence-electron chi connectivity index (χ2n) is 7.14. The van der Waals surface area contributed by atoms with Crippen molar-refractivity contribution < 1.29 is 14.2 Å². The normalized spacial score (nSPS) is 21.0. The molecular formula is C20H32N2O3. The molecule has 5 heteroatoms. The lowest BCUT2D eigenvalue weighted by Gasteiger charge is -2.48. The van der Waals surface area contributed by atoms with Crippen molar-refractivity contribution in [2.75, 3.05) is 47.1 Å². The van der Waals surface area contributed by atoms with Gasteiger partial charge in [-0.25, -0.2) is 0 Å². The Morgan fingerprint density at radius 2 is 1.84 bits per heavy atom. The minimum absolute atomic E-state index is 0.286. The van der Waals surface area contributed by atoms with Gasteiger partial charge in [0.05, 0.1) is 27.4 Å². The van der Waals surface area contributed by atoms with Crippen LogP contribution in [0.15, 0.2) is 18.2 Å². The Labute approximate surface area is 151 Å². The molecular weight excluding hydrogens is 316 g/mol. The molecule has 3 rings (SSSR count). The first kappa shape index (κ1) is 18.5. The van der Waals surface area contributed by atoms with E-state index in [2.05, 4.69) is 16.3 Å². The molecule has 1 aliphatic carbocycles. The van der Waals surface area contributed by atoms with Crippen molar-refractivity contribution in [2.24, 2.45) is 0 Å². The van der Waals surface area contributed by atoms with Gasteiger partial charge in [0.15, 0.2) is 11.5 Å². The number of morpholine rings is 1. The van der Waals surface area contributed by atoms with Crippen LogP contribution in [-0.2, 0) is 11.3 Å². The summed E-state index contributed by atoms with van der Waals surface area (Å²) in [6, 6.07) is 6.08. The zero-order valence-electron chi connectivity index (χ0n) is 15.7. The fourth-order valence-electron chi connectivity index (χ4n) is 4.38. The summed E-state index contributed by atoms with van der Waals surface area (Å²) >= 11 is 0. The van der Waals surface area contributed by atoms with E-state index in [1.165, 1.54) is 32.1 Å². The van der Waals surface area contributed by atoms with Gasteiger partial charge in [0.25, 0.3) is 0 Å². The Bertz CT molecular complexity index is 538. The zero-order chi connectivity index (χ0) is 17.5. The van der Waals surface area contributed by atoms with E-state index in [1.54, 1.807) is 14.2 Å². The first-order valence-corrected chi connectivity index (χ1v) is 9.52. The first-order valence-electron chi connectivity index (χ1n) is 9.52. The topological polar surface area (TPSA) is 43.0 Å². The molecule has 2 fully saturated rings. The lowest BCUT2D eigenvalue weighted by molar-refractivity contribution is -0.0369. The third-order valence-electron chi connectivity index (χ3n) is 5.72. The molecule has 0 radical (unpaired) electrons. The molecule has 0 amide bonds. The molecule has 0 aromatic heterocycles. The smallest absolute Gasteiger partial charge is 0.165 e. The second kappa shape index (κ2) is 8.88. The van der Waals surface area contributed by atoms with Crippen LogP contribution in [0.2, 0.25) is 0 Å². The van der Waals surface area contributed by atoms with Crippen LogP contribution in [0.3, 0.4) is 0 Å². The van der Waals surface area contributed by atoms with Gasteiger partial charge in [-0.1, -0.05) is 31.4 Å². The molecule has 1 aromatic rings. The molecule has 0 atom stereocenters. The number of nitrogens with zero attached hydrogens (tertiary/aromatic N) is 1. The molecule has 1 aromatic carbocycles. The largest absolute Gasteiger partial charge is 0.493 e. The van der Waals surface area contributed by atoms with Gasteiger partial charge in [0, 0.05) is 37.3 Å². The van der Waals surface area contributed by atoms with E-state index in [0.29, 0.717) is 0 Å².